The van der Waals surface area contributed by atoms with Crippen LogP contribution in [0, 0.1) is 0 Å². The smallest absolute Gasteiger partial charge is 0.243 e. The van der Waals surface area contributed by atoms with Crippen LogP contribution in [0.5, 0.6) is 0 Å². The van der Waals surface area contributed by atoms with Crippen LogP contribution in [0.15, 0.2) is 23.1 Å². The van der Waals surface area contributed by atoms with E-state index in [9.17, 15) is 13.5 Å². The van der Waals surface area contributed by atoms with Crippen LogP contribution in [-0.2, 0) is 10.0 Å². The number of hydrogen-bond acceptors (Lipinski definition) is 3. The van der Waals surface area contributed by atoms with E-state index in [1.807, 2.05) is 0 Å². The van der Waals surface area contributed by atoms with Gasteiger partial charge in [0.1, 0.15) is 0 Å². The zero-order chi connectivity index (χ0) is 14.3. The molecule has 106 valence electrons. The quantitative estimate of drug-likeness (QED) is 0.909. The number of piperidine rings is 1. The van der Waals surface area contributed by atoms with Crippen LogP contribution in [0.4, 0.5) is 0 Å². The largest absolute Gasteiger partial charge is 0.390 e. The summed E-state index contributed by atoms with van der Waals surface area (Å²) in [6, 6.07) is 4.26. The molecule has 0 amide bonds. The standard InChI is InChI=1S/C12H15Cl2NO3S/c1-12(16)2-4-15(5-3-12)19(17,18)11-7-9(13)6-10(14)8-11/h6-8,16H,2-5H2,1H3. The van der Waals surface area contributed by atoms with E-state index in [-0.39, 0.29) is 14.9 Å². The van der Waals surface area contributed by atoms with Gasteiger partial charge in [0.05, 0.1) is 10.5 Å². The zero-order valence-electron chi connectivity index (χ0n) is 10.4. The summed E-state index contributed by atoms with van der Waals surface area (Å²) in [6.45, 7) is 2.30. The average Bonchev–Trinajstić information content (AvgIpc) is 2.27. The van der Waals surface area contributed by atoms with Gasteiger partial charge in [0, 0.05) is 23.1 Å². The van der Waals surface area contributed by atoms with Crippen molar-refractivity contribution >= 4 is 33.2 Å². The predicted octanol–water partition coefficient (Wildman–Crippen LogP) is 2.53. The third-order valence-electron chi connectivity index (χ3n) is 3.27. The van der Waals surface area contributed by atoms with E-state index in [0.29, 0.717) is 25.9 Å². The highest BCUT2D eigenvalue weighted by molar-refractivity contribution is 7.89. The van der Waals surface area contributed by atoms with E-state index in [1.165, 1.54) is 22.5 Å². The Hall–Kier alpha value is -0.330. The second-order valence-electron chi connectivity index (χ2n) is 5.01. The molecule has 1 fully saturated rings. The lowest BCUT2D eigenvalue weighted by atomic mass is 9.95. The number of nitrogens with zero attached hydrogens (tertiary/aromatic N) is 1. The Balaban J connectivity index is 2.28. The van der Waals surface area contributed by atoms with Gasteiger partial charge in [-0.2, -0.15) is 4.31 Å². The molecule has 0 spiro atoms. The minimum atomic E-state index is -3.60. The molecule has 1 aromatic carbocycles. The highest BCUT2D eigenvalue weighted by Gasteiger charge is 2.34. The summed E-state index contributed by atoms with van der Waals surface area (Å²) in [6.07, 6.45) is 0.834. The molecule has 7 heteroatoms. The van der Waals surface area contributed by atoms with E-state index in [1.54, 1.807) is 6.92 Å². The molecule has 2 rings (SSSR count). The molecule has 0 saturated carbocycles. The molecule has 0 radical (unpaired) electrons. The van der Waals surface area contributed by atoms with Gasteiger partial charge in [0.2, 0.25) is 10.0 Å². The number of aliphatic hydroxyl groups is 1. The Kier molecular flexibility index (Phi) is 4.14. The summed E-state index contributed by atoms with van der Waals surface area (Å²) in [5.74, 6) is 0. The topological polar surface area (TPSA) is 57.6 Å². The second-order valence-corrected chi connectivity index (χ2v) is 7.82. The van der Waals surface area contributed by atoms with Crippen LogP contribution in [0.25, 0.3) is 0 Å². The van der Waals surface area contributed by atoms with Crippen LogP contribution >= 0.6 is 23.2 Å². The van der Waals surface area contributed by atoms with Gasteiger partial charge in [-0.15, -0.1) is 0 Å². The molecule has 1 N–H and O–H groups in total. The molecule has 0 atom stereocenters. The number of sulfonamides is 1. The van der Waals surface area contributed by atoms with Crippen molar-refractivity contribution in [2.24, 2.45) is 0 Å². The van der Waals surface area contributed by atoms with Crippen molar-refractivity contribution < 1.29 is 13.5 Å². The Morgan fingerprint density at radius 3 is 2.11 bits per heavy atom. The molecule has 1 aliphatic rings. The van der Waals surface area contributed by atoms with E-state index in [0.717, 1.165) is 0 Å². The maximum atomic E-state index is 12.4. The molecule has 0 unspecified atom stereocenters. The summed E-state index contributed by atoms with van der Waals surface area (Å²) in [5, 5.41) is 10.4. The van der Waals surface area contributed by atoms with Crippen molar-refractivity contribution in [3.8, 4) is 0 Å². The molecular weight excluding hydrogens is 309 g/mol. The minimum Gasteiger partial charge on any atom is -0.390 e. The predicted molar refractivity (Wildman–Crippen MR) is 75.1 cm³/mol. The van der Waals surface area contributed by atoms with E-state index < -0.39 is 15.6 Å². The Bertz CT molecular complexity index is 556. The number of benzene rings is 1. The molecule has 1 aliphatic heterocycles. The van der Waals surface area contributed by atoms with Crippen molar-refractivity contribution in [1.82, 2.24) is 4.31 Å². The Labute approximate surface area is 123 Å². The molecule has 0 aromatic heterocycles. The molecule has 0 bridgehead atoms. The van der Waals surface area contributed by atoms with E-state index in [2.05, 4.69) is 0 Å². The molecule has 19 heavy (non-hydrogen) atoms. The number of hydrogen-bond donors (Lipinski definition) is 1. The van der Waals surface area contributed by atoms with Gasteiger partial charge in [0.25, 0.3) is 0 Å². The lowest BCUT2D eigenvalue weighted by Crippen LogP contribution is -2.45. The lowest BCUT2D eigenvalue weighted by molar-refractivity contribution is 0.0126. The van der Waals surface area contributed by atoms with Crippen molar-refractivity contribution in [2.45, 2.75) is 30.3 Å². The highest BCUT2D eigenvalue weighted by atomic mass is 35.5. The van der Waals surface area contributed by atoms with Crippen molar-refractivity contribution in [1.29, 1.82) is 0 Å². The molecule has 1 heterocycles. The van der Waals surface area contributed by atoms with Gasteiger partial charge in [-0.1, -0.05) is 23.2 Å². The van der Waals surface area contributed by atoms with Gasteiger partial charge >= 0.3 is 0 Å². The van der Waals surface area contributed by atoms with Crippen LogP contribution < -0.4 is 0 Å². The third-order valence-corrected chi connectivity index (χ3v) is 5.59. The Morgan fingerprint density at radius 1 is 1.16 bits per heavy atom. The third kappa shape index (κ3) is 3.41. The van der Waals surface area contributed by atoms with Crippen LogP contribution in [0.2, 0.25) is 10.0 Å². The number of rotatable bonds is 2. The number of halogens is 2. The summed E-state index contributed by atoms with van der Waals surface area (Å²) in [7, 11) is -3.60. The second kappa shape index (κ2) is 5.22. The van der Waals surface area contributed by atoms with Crippen LogP contribution in [0.3, 0.4) is 0 Å². The summed E-state index contributed by atoms with van der Waals surface area (Å²) in [4.78, 5) is 0.0894. The fraction of sp³-hybridized carbons (Fsp3) is 0.500. The van der Waals surface area contributed by atoms with E-state index in [4.69, 9.17) is 23.2 Å². The lowest BCUT2D eigenvalue weighted by Gasteiger charge is -2.35. The Morgan fingerprint density at radius 2 is 1.63 bits per heavy atom. The summed E-state index contributed by atoms with van der Waals surface area (Å²) >= 11 is 11.7. The van der Waals surface area contributed by atoms with Gasteiger partial charge in [-0.05, 0) is 38.0 Å². The molecule has 0 aliphatic carbocycles. The monoisotopic (exact) mass is 323 g/mol. The first kappa shape index (κ1) is 15.1. The summed E-state index contributed by atoms with van der Waals surface area (Å²) in [5.41, 5.74) is -0.794. The zero-order valence-corrected chi connectivity index (χ0v) is 12.8. The van der Waals surface area contributed by atoms with Gasteiger partial charge in [-0.3, -0.25) is 0 Å². The molecular formula is C12H15Cl2NO3S. The molecule has 4 nitrogen and oxygen atoms in total. The van der Waals surface area contributed by atoms with Crippen molar-refractivity contribution in [3.63, 3.8) is 0 Å². The van der Waals surface area contributed by atoms with Gasteiger partial charge < -0.3 is 5.11 Å². The molecule has 1 aromatic rings. The fourth-order valence-corrected chi connectivity index (χ4v) is 4.20. The first-order valence-corrected chi connectivity index (χ1v) is 8.09. The van der Waals surface area contributed by atoms with Gasteiger partial charge in [0.15, 0.2) is 0 Å². The first-order chi connectivity index (χ1) is 8.71. The van der Waals surface area contributed by atoms with Crippen LogP contribution in [-0.4, -0.2) is 36.5 Å². The average molecular weight is 324 g/mol. The van der Waals surface area contributed by atoms with Crippen LogP contribution in [0.1, 0.15) is 19.8 Å². The molecule has 1 saturated heterocycles. The maximum Gasteiger partial charge on any atom is 0.243 e. The van der Waals surface area contributed by atoms with Crippen molar-refractivity contribution in [2.75, 3.05) is 13.1 Å². The fourth-order valence-electron chi connectivity index (χ4n) is 2.03. The first-order valence-electron chi connectivity index (χ1n) is 5.89. The normalized spacial score (nSPS) is 20.4. The maximum absolute atomic E-state index is 12.4. The minimum absolute atomic E-state index is 0.0894. The SMILES string of the molecule is CC1(O)CCN(S(=O)(=O)c2cc(Cl)cc(Cl)c2)CC1. The summed E-state index contributed by atoms with van der Waals surface area (Å²) < 4.78 is 26.2. The van der Waals surface area contributed by atoms with Crippen molar-refractivity contribution in [3.05, 3.63) is 28.2 Å². The van der Waals surface area contributed by atoms with Gasteiger partial charge in [-0.25, -0.2) is 8.42 Å². The highest BCUT2D eigenvalue weighted by Crippen LogP contribution is 2.29. The van der Waals surface area contributed by atoms with E-state index >= 15 is 0 Å².